The van der Waals surface area contributed by atoms with Gasteiger partial charge in [-0.2, -0.15) is 0 Å². The Morgan fingerprint density at radius 2 is 1.89 bits per heavy atom. The summed E-state index contributed by atoms with van der Waals surface area (Å²) in [7, 11) is 1.65. The molecule has 28 heavy (non-hydrogen) atoms. The van der Waals surface area contributed by atoms with Crippen molar-refractivity contribution in [2.24, 2.45) is 5.73 Å². The average molecular weight is 384 g/mol. The zero-order chi connectivity index (χ0) is 20.1. The van der Waals surface area contributed by atoms with E-state index >= 15 is 0 Å². The van der Waals surface area contributed by atoms with Gasteiger partial charge in [0.1, 0.15) is 11.4 Å². The van der Waals surface area contributed by atoms with Crippen molar-refractivity contribution in [3.63, 3.8) is 0 Å². The van der Waals surface area contributed by atoms with E-state index < -0.39 is 10.8 Å². The third kappa shape index (κ3) is 4.58. The van der Waals surface area contributed by atoms with E-state index in [0.29, 0.717) is 12.2 Å². The van der Waals surface area contributed by atoms with Crippen LogP contribution in [0.2, 0.25) is 0 Å². The lowest BCUT2D eigenvalue weighted by molar-refractivity contribution is -0.384. The molecule has 1 saturated heterocycles. The van der Waals surface area contributed by atoms with Gasteiger partial charge < -0.3 is 15.4 Å². The van der Waals surface area contributed by atoms with E-state index in [1.54, 1.807) is 19.2 Å². The third-order valence-corrected chi connectivity index (χ3v) is 4.95. The normalized spacial score (nSPS) is 15.1. The highest BCUT2D eigenvalue weighted by molar-refractivity contribution is 5.94. The standard InChI is InChI=1S/C20H24N4O4/c1-28-17-6-3-15(4-7-17)14-22-9-2-10-23(12-11-22)18-8-5-16(20(21)25)13-19(18)24(26)27/h3-8,13H,2,9-12,14H2,1H3,(H2,21,25). The minimum atomic E-state index is -0.670. The first-order chi connectivity index (χ1) is 13.5. The number of benzene rings is 2. The molecule has 0 aromatic heterocycles. The Balaban J connectivity index is 1.71. The molecule has 1 fully saturated rings. The second-order valence-corrected chi connectivity index (χ2v) is 6.79. The van der Waals surface area contributed by atoms with E-state index in [1.807, 2.05) is 17.0 Å². The van der Waals surface area contributed by atoms with Crippen molar-refractivity contribution in [1.82, 2.24) is 4.90 Å². The fraction of sp³-hybridized carbons (Fsp3) is 0.350. The average Bonchev–Trinajstić information content (AvgIpc) is 2.93. The first kappa shape index (κ1) is 19.6. The minimum Gasteiger partial charge on any atom is -0.497 e. The molecule has 0 saturated carbocycles. The maximum Gasteiger partial charge on any atom is 0.293 e. The van der Waals surface area contributed by atoms with E-state index in [0.717, 1.165) is 38.3 Å². The lowest BCUT2D eigenvalue weighted by Gasteiger charge is -2.23. The summed E-state index contributed by atoms with van der Waals surface area (Å²) in [5, 5.41) is 11.5. The van der Waals surface area contributed by atoms with Crippen molar-refractivity contribution < 1.29 is 14.5 Å². The van der Waals surface area contributed by atoms with Crippen molar-refractivity contribution in [3.8, 4) is 5.75 Å². The summed E-state index contributed by atoms with van der Waals surface area (Å²) >= 11 is 0. The maximum absolute atomic E-state index is 11.5. The Kier molecular flexibility index (Phi) is 6.10. The largest absolute Gasteiger partial charge is 0.497 e. The van der Waals surface area contributed by atoms with E-state index in [1.165, 1.54) is 11.6 Å². The lowest BCUT2D eigenvalue weighted by atomic mass is 10.1. The molecule has 1 aliphatic heterocycles. The van der Waals surface area contributed by atoms with Crippen molar-refractivity contribution in [3.05, 3.63) is 63.7 Å². The van der Waals surface area contributed by atoms with E-state index in [2.05, 4.69) is 17.0 Å². The predicted molar refractivity (Wildman–Crippen MR) is 107 cm³/mol. The van der Waals surface area contributed by atoms with Gasteiger partial charge in [0.25, 0.3) is 5.69 Å². The monoisotopic (exact) mass is 384 g/mol. The number of hydrogen-bond donors (Lipinski definition) is 1. The number of nitro benzene ring substituents is 1. The predicted octanol–water partition coefficient (Wildman–Crippen LogP) is 2.41. The number of primary amides is 1. The molecule has 148 valence electrons. The van der Waals surface area contributed by atoms with Gasteiger partial charge in [-0.3, -0.25) is 19.8 Å². The van der Waals surface area contributed by atoms with Crippen LogP contribution in [0.15, 0.2) is 42.5 Å². The second kappa shape index (κ2) is 8.71. The van der Waals surface area contributed by atoms with Crippen LogP contribution in [-0.2, 0) is 6.54 Å². The molecule has 1 aliphatic rings. The minimum absolute atomic E-state index is 0.0834. The number of methoxy groups -OCH3 is 1. The van der Waals surface area contributed by atoms with Crippen LogP contribution < -0.4 is 15.4 Å². The van der Waals surface area contributed by atoms with Crippen LogP contribution in [0.1, 0.15) is 22.3 Å². The van der Waals surface area contributed by atoms with Crippen LogP contribution in [0.25, 0.3) is 0 Å². The molecule has 2 aromatic carbocycles. The summed E-state index contributed by atoms with van der Waals surface area (Å²) in [5.74, 6) is 0.161. The van der Waals surface area contributed by atoms with Crippen molar-refractivity contribution in [2.45, 2.75) is 13.0 Å². The van der Waals surface area contributed by atoms with Crippen LogP contribution in [-0.4, -0.2) is 49.0 Å². The molecule has 2 N–H and O–H groups in total. The Bertz CT molecular complexity index is 854. The Morgan fingerprint density at radius 1 is 1.14 bits per heavy atom. The van der Waals surface area contributed by atoms with E-state index in [4.69, 9.17) is 10.5 Å². The molecule has 0 bridgehead atoms. The number of nitrogens with zero attached hydrogens (tertiary/aromatic N) is 3. The quantitative estimate of drug-likeness (QED) is 0.606. The molecule has 0 radical (unpaired) electrons. The van der Waals surface area contributed by atoms with Crippen molar-refractivity contribution in [2.75, 3.05) is 38.2 Å². The van der Waals surface area contributed by atoms with Crippen LogP contribution >= 0.6 is 0 Å². The lowest BCUT2D eigenvalue weighted by Crippen LogP contribution is -2.31. The second-order valence-electron chi connectivity index (χ2n) is 6.79. The molecule has 0 spiro atoms. The van der Waals surface area contributed by atoms with Gasteiger partial charge in [-0.05, 0) is 36.2 Å². The fourth-order valence-corrected chi connectivity index (χ4v) is 3.45. The molecule has 0 aliphatic carbocycles. The molecule has 0 unspecified atom stereocenters. The van der Waals surface area contributed by atoms with Crippen molar-refractivity contribution >= 4 is 17.3 Å². The van der Waals surface area contributed by atoms with Gasteiger partial charge in [0.2, 0.25) is 5.91 Å². The van der Waals surface area contributed by atoms with Crippen LogP contribution in [0.5, 0.6) is 5.75 Å². The molecule has 8 nitrogen and oxygen atoms in total. The molecule has 0 atom stereocenters. The molecular weight excluding hydrogens is 360 g/mol. The number of ether oxygens (including phenoxy) is 1. The number of nitrogens with two attached hydrogens (primary N) is 1. The summed E-state index contributed by atoms with van der Waals surface area (Å²) in [4.78, 5) is 26.7. The maximum atomic E-state index is 11.5. The Morgan fingerprint density at radius 3 is 2.54 bits per heavy atom. The van der Waals surface area contributed by atoms with Gasteiger partial charge in [0.15, 0.2) is 0 Å². The van der Waals surface area contributed by atoms with Gasteiger partial charge in [0.05, 0.1) is 12.0 Å². The smallest absolute Gasteiger partial charge is 0.293 e. The SMILES string of the molecule is COc1ccc(CN2CCCN(c3ccc(C(N)=O)cc3[N+](=O)[O-])CC2)cc1. The van der Waals surface area contributed by atoms with Gasteiger partial charge in [-0.1, -0.05) is 12.1 Å². The number of amides is 1. The highest BCUT2D eigenvalue weighted by atomic mass is 16.6. The fourth-order valence-electron chi connectivity index (χ4n) is 3.45. The molecule has 1 amide bonds. The highest BCUT2D eigenvalue weighted by Crippen LogP contribution is 2.30. The zero-order valence-electron chi connectivity index (χ0n) is 15.8. The van der Waals surface area contributed by atoms with Crippen molar-refractivity contribution in [1.29, 1.82) is 0 Å². The first-order valence-electron chi connectivity index (χ1n) is 9.16. The van der Waals surface area contributed by atoms with Crippen LogP contribution in [0, 0.1) is 10.1 Å². The van der Waals surface area contributed by atoms with Gasteiger partial charge in [-0.25, -0.2) is 0 Å². The zero-order valence-corrected chi connectivity index (χ0v) is 15.8. The summed E-state index contributed by atoms with van der Waals surface area (Å²) in [6, 6.07) is 12.4. The third-order valence-electron chi connectivity index (χ3n) is 4.95. The molecule has 1 heterocycles. The number of rotatable bonds is 6. The summed E-state index contributed by atoms with van der Waals surface area (Å²) in [6.45, 7) is 3.92. The van der Waals surface area contributed by atoms with Gasteiger partial charge >= 0.3 is 0 Å². The van der Waals surface area contributed by atoms with Gasteiger partial charge in [0, 0.05) is 44.4 Å². The summed E-state index contributed by atoms with van der Waals surface area (Å²) in [6.07, 6.45) is 0.894. The highest BCUT2D eigenvalue weighted by Gasteiger charge is 2.23. The number of hydrogen-bond acceptors (Lipinski definition) is 6. The Hall–Kier alpha value is -3.13. The number of nitro groups is 1. The van der Waals surface area contributed by atoms with E-state index in [-0.39, 0.29) is 11.3 Å². The molecule has 2 aromatic rings. The number of anilines is 1. The van der Waals surface area contributed by atoms with Gasteiger partial charge in [-0.15, -0.1) is 0 Å². The Labute approximate surface area is 163 Å². The first-order valence-corrected chi connectivity index (χ1v) is 9.16. The summed E-state index contributed by atoms with van der Waals surface area (Å²) in [5.41, 5.74) is 7.05. The number of carbonyl (C=O) groups excluding carboxylic acids is 1. The topological polar surface area (TPSA) is 102 Å². The molecule has 8 heteroatoms. The van der Waals surface area contributed by atoms with Crippen LogP contribution in [0.4, 0.5) is 11.4 Å². The summed E-state index contributed by atoms with van der Waals surface area (Å²) < 4.78 is 5.19. The molecule has 3 rings (SSSR count). The van der Waals surface area contributed by atoms with E-state index in [9.17, 15) is 14.9 Å². The molecular formula is C20H24N4O4. The number of carbonyl (C=O) groups is 1. The van der Waals surface area contributed by atoms with Crippen LogP contribution in [0.3, 0.4) is 0 Å².